The van der Waals surface area contributed by atoms with E-state index in [4.69, 9.17) is 4.74 Å². The van der Waals surface area contributed by atoms with Gasteiger partial charge < -0.3 is 14.6 Å². The zero-order chi connectivity index (χ0) is 17.2. The van der Waals surface area contributed by atoms with Gasteiger partial charge in [0, 0.05) is 47.7 Å². The van der Waals surface area contributed by atoms with Crippen molar-refractivity contribution in [3.8, 4) is 5.88 Å². The van der Waals surface area contributed by atoms with Crippen molar-refractivity contribution in [1.82, 2.24) is 19.9 Å². The van der Waals surface area contributed by atoms with Crippen LogP contribution in [-0.2, 0) is 12.8 Å². The molecule has 1 aromatic carbocycles. The highest BCUT2D eigenvalue weighted by Gasteiger charge is 2.23. The van der Waals surface area contributed by atoms with Crippen molar-refractivity contribution in [2.45, 2.75) is 19.8 Å². The van der Waals surface area contributed by atoms with Crippen LogP contribution in [0.25, 0.3) is 10.9 Å². The van der Waals surface area contributed by atoms with Crippen molar-refractivity contribution in [2.24, 2.45) is 0 Å². The van der Waals surface area contributed by atoms with Gasteiger partial charge in [-0.3, -0.25) is 4.79 Å². The van der Waals surface area contributed by atoms with E-state index in [9.17, 15) is 4.79 Å². The minimum absolute atomic E-state index is 0.0572. The number of rotatable bonds is 3. The summed E-state index contributed by atoms with van der Waals surface area (Å²) in [7, 11) is 0. The number of carbonyl (C=O) groups excluding carboxylic acids is 1. The van der Waals surface area contributed by atoms with E-state index in [0.717, 1.165) is 28.6 Å². The minimum Gasteiger partial charge on any atom is -0.478 e. The van der Waals surface area contributed by atoms with E-state index >= 15 is 0 Å². The van der Waals surface area contributed by atoms with Crippen LogP contribution in [-0.4, -0.2) is 45.5 Å². The van der Waals surface area contributed by atoms with Crippen LogP contribution in [0.5, 0.6) is 5.88 Å². The summed E-state index contributed by atoms with van der Waals surface area (Å²) in [6.45, 7) is 3.81. The van der Waals surface area contributed by atoms with Crippen LogP contribution in [0, 0.1) is 0 Å². The summed E-state index contributed by atoms with van der Waals surface area (Å²) >= 11 is 0. The average molecular weight is 336 g/mol. The van der Waals surface area contributed by atoms with Gasteiger partial charge in [0.15, 0.2) is 0 Å². The predicted molar refractivity (Wildman–Crippen MR) is 94.8 cm³/mol. The zero-order valence-electron chi connectivity index (χ0n) is 14.2. The third-order valence-electron chi connectivity index (χ3n) is 4.61. The highest BCUT2D eigenvalue weighted by atomic mass is 16.5. The van der Waals surface area contributed by atoms with Crippen LogP contribution >= 0.6 is 0 Å². The van der Waals surface area contributed by atoms with Crippen molar-refractivity contribution in [3.05, 3.63) is 53.6 Å². The molecule has 1 amide bonds. The largest absolute Gasteiger partial charge is 0.478 e. The second kappa shape index (κ2) is 6.55. The maximum absolute atomic E-state index is 12.9. The van der Waals surface area contributed by atoms with Gasteiger partial charge in [-0.2, -0.15) is 0 Å². The molecule has 0 saturated carbocycles. The van der Waals surface area contributed by atoms with Crippen LogP contribution in [0.2, 0.25) is 0 Å². The summed E-state index contributed by atoms with van der Waals surface area (Å²) in [5.74, 6) is 0.706. The molecule has 0 fully saturated rings. The molecule has 1 aliphatic heterocycles. The van der Waals surface area contributed by atoms with Gasteiger partial charge in [-0.15, -0.1) is 0 Å². The van der Waals surface area contributed by atoms with Crippen molar-refractivity contribution >= 4 is 16.8 Å². The van der Waals surface area contributed by atoms with E-state index in [1.165, 1.54) is 0 Å². The van der Waals surface area contributed by atoms with Crippen molar-refractivity contribution in [1.29, 1.82) is 0 Å². The van der Waals surface area contributed by atoms with Crippen molar-refractivity contribution < 1.29 is 9.53 Å². The van der Waals surface area contributed by atoms with E-state index in [1.807, 2.05) is 42.3 Å². The molecule has 0 saturated heterocycles. The smallest absolute Gasteiger partial charge is 0.253 e. The number of aromatic nitrogens is 3. The monoisotopic (exact) mass is 336 g/mol. The fraction of sp³-hybridized carbons (Fsp3) is 0.316. The standard InChI is InChI=1S/C19H20N4O2/c1-2-25-18-15-6-9-23(10-7-17(15)21-12-22-18)19(24)14-3-4-16-13(11-14)5-8-20-16/h3-5,8,11-12,20H,2,6-7,9-10H2,1H3. The first kappa shape index (κ1) is 15.6. The molecule has 25 heavy (non-hydrogen) atoms. The Kier molecular flexibility index (Phi) is 4.09. The van der Waals surface area contributed by atoms with Crippen molar-refractivity contribution in [3.63, 3.8) is 0 Å². The average Bonchev–Trinajstić information content (AvgIpc) is 2.99. The lowest BCUT2D eigenvalue weighted by Crippen LogP contribution is -2.33. The molecule has 3 aromatic rings. The Bertz CT molecular complexity index is 919. The Morgan fingerprint density at radius 2 is 2.12 bits per heavy atom. The predicted octanol–water partition coefficient (Wildman–Crippen LogP) is 2.60. The lowest BCUT2D eigenvalue weighted by atomic mass is 10.1. The Hall–Kier alpha value is -2.89. The van der Waals surface area contributed by atoms with Crippen LogP contribution in [0.1, 0.15) is 28.5 Å². The fourth-order valence-electron chi connectivity index (χ4n) is 3.33. The summed E-state index contributed by atoms with van der Waals surface area (Å²) in [4.78, 5) is 26.6. The van der Waals surface area contributed by atoms with E-state index < -0.39 is 0 Å². The lowest BCUT2D eigenvalue weighted by Gasteiger charge is -2.20. The molecule has 1 N–H and O–H groups in total. The highest BCUT2D eigenvalue weighted by molar-refractivity contribution is 5.98. The van der Waals surface area contributed by atoms with Gasteiger partial charge in [-0.05, 0) is 37.6 Å². The number of ether oxygens (including phenoxy) is 1. The second-order valence-corrected chi connectivity index (χ2v) is 6.11. The van der Waals surface area contributed by atoms with Crippen LogP contribution < -0.4 is 4.74 Å². The first-order valence-electron chi connectivity index (χ1n) is 8.58. The van der Waals surface area contributed by atoms with Gasteiger partial charge >= 0.3 is 0 Å². The number of aromatic amines is 1. The SMILES string of the molecule is CCOc1ncnc2c1CCN(C(=O)c1ccc3[nH]ccc3c1)CC2. The van der Waals surface area contributed by atoms with Crippen molar-refractivity contribution in [2.75, 3.05) is 19.7 Å². The van der Waals surface area contributed by atoms with E-state index in [1.54, 1.807) is 6.33 Å². The maximum Gasteiger partial charge on any atom is 0.253 e. The molecule has 0 radical (unpaired) electrons. The number of H-pyrrole nitrogens is 1. The van der Waals surface area contributed by atoms with Gasteiger partial charge in [0.25, 0.3) is 5.91 Å². The number of hydrogen-bond acceptors (Lipinski definition) is 4. The van der Waals surface area contributed by atoms with Gasteiger partial charge in [0.1, 0.15) is 6.33 Å². The molecule has 0 aliphatic carbocycles. The molecule has 0 unspecified atom stereocenters. The lowest BCUT2D eigenvalue weighted by molar-refractivity contribution is 0.0763. The highest BCUT2D eigenvalue weighted by Crippen LogP contribution is 2.23. The molecule has 2 aromatic heterocycles. The minimum atomic E-state index is 0.0572. The van der Waals surface area contributed by atoms with Gasteiger partial charge in [0.2, 0.25) is 5.88 Å². The summed E-state index contributed by atoms with van der Waals surface area (Å²) < 4.78 is 5.62. The molecular formula is C19H20N4O2. The Labute approximate surface area is 145 Å². The Morgan fingerprint density at radius 1 is 1.24 bits per heavy atom. The van der Waals surface area contributed by atoms with E-state index in [0.29, 0.717) is 37.6 Å². The number of fused-ring (bicyclic) bond motifs is 2. The fourth-order valence-corrected chi connectivity index (χ4v) is 3.33. The van der Waals surface area contributed by atoms with E-state index in [2.05, 4.69) is 15.0 Å². The van der Waals surface area contributed by atoms with Gasteiger partial charge in [-0.1, -0.05) is 0 Å². The number of benzene rings is 1. The molecular weight excluding hydrogens is 316 g/mol. The number of carbonyl (C=O) groups is 1. The summed E-state index contributed by atoms with van der Waals surface area (Å²) in [5, 5.41) is 1.05. The molecule has 0 atom stereocenters. The molecule has 128 valence electrons. The number of hydrogen-bond donors (Lipinski definition) is 1. The zero-order valence-corrected chi connectivity index (χ0v) is 14.2. The number of amides is 1. The summed E-state index contributed by atoms with van der Waals surface area (Å²) in [6.07, 6.45) is 4.86. The quantitative estimate of drug-likeness (QED) is 0.798. The molecule has 0 bridgehead atoms. The van der Waals surface area contributed by atoms with Gasteiger partial charge in [0.05, 0.1) is 12.3 Å². The number of nitrogens with zero attached hydrogens (tertiary/aromatic N) is 3. The third-order valence-corrected chi connectivity index (χ3v) is 4.61. The summed E-state index contributed by atoms with van der Waals surface area (Å²) in [5.41, 5.74) is 3.76. The Morgan fingerprint density at radius 3 is 3.00 bits per heavy atom. The van der Waals surface area contributed by atoms with Crippen LogP contribution in [0.4, 0.5) is 0 Å². The first-order chi connectivity index (χ1) is 12.3. The molecule has 3 heterocycles. The van der Waals surface area contributed by atoms with Gasteiger partial charge in [-0.25, -0.2) is 9.97 Å². The van der Waals surface area contributed by atoms with Crippen LogP contribution in [0.15, 0.2) is 36.8 Å². The first-order valence-corrected chi connectivity index (χ1v) is 8.58. The molecule has 6 nitrogen and oxygen atoms in total. The van der Waals surface area contributed by atoms with Crippen LogP contribution in [0.3, 0.4) is 0 Å². The molecule has 0 spiro atoms. The number of nitrogens with one attached hydrogen (secondary N) is 1. The Balaban J connectivity index is 1.56. The third kappa shape index (κ3) is 2.95. The van der Waals surface area contributed by atoms with E-state index in [-0.39, 0.29) is 5.91 Å². The maximum atomic E-state index is 12.9. The molecule has 1 aliphatic rings. The molecule has 6 heteroatoms. The second-order valence-electron chi connectivity index (χ2n) is 6.11. The normalized spacial score (nSPS) is 14.2. The molecule has 4 rings (SSSR count). The topological polar surface area (TPSA) is 71.1 Å². The summed E-state index contributed by atoms with van der Waals surface area (Å²) in [6, 6.07) is 7.75.